The van der Waals surface area contributed by atoms with Gasteiger partial charge in [-0.1, -0.05) is 6.08 Å². The SMILES string of the molecule is CN1CCN(c2ccc(-n3cc4c(n3)CCN(C3=CC=C3)CC4)cc2)C1=O. The number of aromatic nitrogens is 2. The molecule has 1 saturated heterocycles. The highest BCUT2D eigenvalue weighted by Gasteiger charge is 2.26. The molecule has 1 fully saturated rings. The first-order valence-electron chi connectivity index (χ1n) is 9.53. The summed E-state index contributed by atoms with van der Waals surface area (Å²) >= 11 is 0. The van der Waals surface area contributed by atoms with Crippen molar-refractivity contribution >= 4 is 11.7 Å². The number of hydrogen-bond donors (Lipinski definition) is 0. The Balaban J connectivity index is 1.32. The average Bonchev–Trinajstić information content (AvgIpc) is 3.14. The molecule has 2 amide bonds. The largest absolute Gasteiger partial charge is 0.371 e. The lowest BCUT2D eigenvalue weighted by Gasteiger charge is -2.26. The molecule has 27 heavy (non-hydrogen) atoms. The minimum Gasteiger partial charge on any atom is -0.371 e. The van der Waals surface area contributed by atoms with Crippen molar-refractivity contribution in [1.82, 2.24) is 19.6 Å². The first-order valence-corrected chi connectivity index (χ1v) is 9.53. The summed E-state index contributed by atoms with van der Waals surface area (Å²) in [6.07, 6.45) is 10.6. The number of hydrogen-bond acceptors (Lipinski definition) is 3. The molecule has 1 aromatic heterocycles. The van der Waals surface area contributed by atoms with E-state index in [2.05, 4.69) is 29.3 Å². The second-order valence-electron chi connectivity index (χ2n) is 7.36. The molecule has 0 saturated carbocycles. The number of likely N-dealkylation sites (N-methyl/N-ethyl adjacent to an activating group) is 1. The number of carbonyl (C=O) groups excluding carboxylic acids is 1. The van der Waals surface area contributed by atoms with Crippen LogP contribution in [-0.2, 0) is 12.8 Å². The quantitative estimate of drug-likeness (QED) is 0.844. The second kappa shape index (κ2) is 6.30. The Kier molecular flexibility index (Phi) is 3.77. The maximum atomic E-state index is 12.1. The first-order chi connectivity index (χ1) is 13.2. The van der Waals surface area contributed by atoms with Gasteiger partial charge in [0.15, 0.2) is 0 Å². The Bertz CT molecular complexity index is 914. The number of rotatable bonds is 3. The fraction of sp³-hybridized carbons (Fsp3) is 0.333. The number of anilines is 1. The van der Waals surface area contributed by atoms with Crippen LogP contribution in [0.25, 0.3) is 5.69 Å². The van der Waals surface area contributed by atoms with Crippen molar-refractivity contribution in [3.63, 3.8) is 0 Å². The standard InChI is InChI=1S/C21H23N5O/c1-23-13-14-25(21(23)27)18-5-7-19(8-6-18)26-15-16-9-11-24(17-3-2-4-17)12-10-20(16)22-26/h2-8,15H,9-14H2,1H3. The summed E-state index contributed by atoms with van der Waals surface area (Å²) in [6.45, 7) is 3.57. The Labute approximate surface area is 159 Å². The number of amides is 2. The minimum atomic E-state index is 0.0644. The van der Waals surface area contributed by atoms with Crippen LogP contribution in [0.1, 0.15) is 11.3 Å². The van der Waals surface area contributed by atoms with Gasteiger partial charge in [0, 0.05) is 57.2 Å². The van der Waals surface area contributed by atoms with Crippen molar-refractivity contribution in [2.75, 3.05) is 38.1 Å². The molecule has 0 radical (unpaired) electrons. The van der Waals surface area contributed by atoms with E-state index < -0.39 is 0 Å². The molecular weight excluding hydrogens is 338 g/mol. The van der Waals surface area contributed by atoms with E-state index >= 15 is 0 Å². The minimum absolute atomic E-state index is 0.0644. The third kappa shape index (κ3) is 2.81. The van der Waals surface area contributed by atoms with E-state index in [0.717, 1.165) is 50.4 Å². The van der Waals surface area contributed by atoms with E-state index in [1.807, 2.05) is 40.9 Å². The van der Waals surface area contributed by atoms with E-state index in [9.17, 15) is 4.79 Å². The van der Waals surface area contributed by atoms with Crippen molar-refractivity contribution in [3.05, 3.63) is 65.6 Å². The average molecular weight is 361 g/mol. The summed E-state index contributed by atoms with van der Waals surface area (Å²) in [5.41, 5.74) is 5.85. The number of nitrogens with zero attached hydrogens (tertiary/aromatic N) is 5. The van der Waals surface area contributed by atoms with Gasteiger partial charge < -0.3 is 9.80 Å². The molecule has 5 rings (SSSR count). The van der Waals surface area contributed by atoms with Gasteiger partial charge in [-0.15, -0.1) is 0 Å². The highest BCUT2D eigenvalue weighted by molar-refractivity contribution is 5.93. The van der Waals surface area contributed by atoms with Crippen LogP contribution < -0.4 is 4.90 Å². The van der Waals surface area contributed by atoms with Gasteiger partial charge in [0.2, 0.25) is 0 Å². The second-order valence-corrected chi connectivity index (χ2v) is 7.36. The topological polar surface area (TPSA) is 44.6 Å². The van der Waals surface area contributed by atoms with Gasteiger partial charge in [-0.25, -0.2) is 9.48 Å². The molecule has 3 aliphatic rings. The van der Waals surface area contributed by atoms with Gasteiger partial charge in [0.25, 0.3) is 0 Å². The molecule has 0 unspecified atom stereocenters. The lowest BCUT2D eigenvalue weighted by atomic mass is 10.1. The van der Waals surface area contributed by atoms with Crippen molar-refractivity contribution in [2.45, 2.75) is 12.8 Å². The first kappa shape index (κ1) is 16.2. The fourth-order valence-electron chi connectivity index (χ4n) is 3.93. The smallest absolute Gasteiger partial charge is 0.324 e. The molecule has 2 aliphatic heterocycles. The van der Waals surface area contributed by atoms with Crippen molar-refractivity contribution in [1.29, 1.82) is 0 Å². The zero-order valence-electron chi connectivity index (χ0n) is 15.5. The predicted octanol–water partition coefficient (Wildman–Crippen LogP) is 2.60. The highest BCUT2D eigenvalue weighted by Crippen LogP contribution is 2.24. The van der Waals surface area contributed by atoms with Gasteiger partial charge in [-0.05, 0) is 48.4 Å². The highest BCUT2D eigenvalue weighted by atomic mass is 16.2. The molecule has 0 N–H and O–H groups in total. The van der Waals surface area contributed by atoms with E-state index in [1.165, 1.54) is 17.0 Å². The van der Waals surface area contributed by atoms with Gasteiger partial charge in [0.05, 0.1) is 11.4 Å². The summed E-state index contributed by atoms with van der Waals surface area (Å²) in [5, 5.41) is 4.84. The predicted molar refractivity (Wildman–Crippen MR) is 105 cm³/mol. The maximum Gasteiger partial charge on any atom is 0.324 e. The molecular formula is C21H23N5O. The summed E-state index contributed by atoms with van der Waals surface area (Å²) in [7, 11) is 1.84. The van der Waals surface area contributed by atoms with Crippen LogP contribution in [0, 0.1) is 0 Å². The van der Waals surface area contributed by atoms with Crippen LogP contribution in [0.2, 0.25) is 0 Å². The Hall–Kier alpha value is -3.02. The molecule has 6 nitrogen and oxygen atoms in total. The molecule has 1 aliphatic carbocycles. The number of fused-ring (bicyclic) bond motifs is 1. The van der Waals surface area contributed by atoms with Crippen LogP contribution in [0.3, 0.4) is 0 Å². The molecule has 1 aromatic carbocycles. The molecule has 3 heterocycles. The van der Waals surface area contributed by atoms with E-state index in [1.54, 1.807) is 4.90 Å². The van der Waals surface area contributed by atoms with Gasteiger partial charge in [-0.2, -0.15) is 5.10 Å². The van der Waals surface area contributed by atoms with Crippen molar-refractivity contribution in [2.24, 2.45) is 0 Å². The van der Waals surface area contributed by atoms with Gasteiger partial charge >= 0.3 is 6.03 Å². The van der Waals surface area contributed by atoms with Gasteiger partial charge in [-0.3, -0.25) is 4.90 Å². The zero-order valence-corrected chi connectivity index (χ0v) is 15.5. The van der Waals surface area contributed by atoms with E-state index in [-0.39, 0.29) is 6.03 Å². The third-order valence-electron chi connectivity index (χ3n) is 5.69. The van der Waals surface area contributed by atoms with E-state index in [4.69, 9.17) is 5.10 Å². The fourth-order valence-corrected chi connectivity index (χ4v) is 3.93. The normalized spacial score (nSPS) is 19.1. The molecule has 0 bridgehead atoms. The van der Waals surface area contributed by atoms with Crippen LogP contribution in [0.5, 0.6) is 0 Å². The lowest BCUT2D eigenvalue weighted by Crippen LogP contribution is -2.29. The number of allylic oxidation sites excluding steroid dienone is 3. The Morgan fingerprint density at radius 3 is 2.37 bits per heavy atom. The van der Waals surface area contributed by atoms with Crippen molar-refractivity contribution in [3.8, 4) is 5.69 Å². The maximum absolute atomic E-state index is 12.1. The van der Waals surface area contributed by atoms with Gasteiger partial charge in [0.1, 0.15) is 0 Å². The molecule has 2 aromatic rings. The Morgan fingerprint density at radius 2 is 1.70 bits per heavy atom. The van der Waals surface area contributed by atoms with E-state index in [0.29, 0.717) is 0 Å². The number of urea groups is 1. The van der Waals surface area contributed by atoms with Crippen LogP contribution in [0.15, 0.2) is 54.4 Å². The Morgan fingerprint density at radius 1 is 0.963 bits per heavy atom. The monoisotopic (exact) mass is 361 g/mol. The van der Waals surface area contributed by atoms with Crippen molar-refractivity contribution < 1.29 is 4.79 Å². The molecule has 138 valence electrons. The zero-order chi connectivity index (χ0) is 18.4. The summed E-state index contributed by atoms with van der Waals surface area (Å²) in [4.78, 5) is 18.2. The number of benzene rings is 1. The lowest BCUT2D eigenvalue weighted by molar-refractivity contribution is 0.229. The summed E-state index contributed by atoms with van der Waals surface area (Å²) in [5.74, 6) is 0. The molecule has 6 heteroatoms. The number of carbonyl (C=O) groups is 1. The van der Waals surface area contributed by atoms with Crippen LogP contribution in [-0.4, -0.2) is 58.8 Å². The molecule has 0 atom stereocenters. The summed E-state index contributed by atoms with van der Waals surface area (Å²) < 4.78 is 1.98. The van der Waals surface area contributed by atoms with Crippen LogP contribution >= 0.6 is 0 Å². The van der Waals surface area contributed by atoms with Crippen LogP contribution in [0.4, 0.5) is 10.5 Å². The third-order valence-corrected chi connectivity index (χ3v) is 5.69. The summed E-state index contributed by atoms with van der Waals surface area (Å²) in [6, 6.07) is 8.18. The molecule has 0 spiro atoms.